The lowest BCUT2D eigenvalue weighted by Crippen LogP contribution is -2.45. The number of amides is 1. The van der Waals surface area contributed by atoms with Gasteiger partial charge in [-0.25, -0.2) is 0 Å². The molecular formula is C17H26F2N2O3S. The van der Waals surface area contributed by atoms with Crippen LogP contribution in [0, 0.1) is 6.92 Å². The maximum Gasteiger partial charge on any atom is 0.387 e. The number of alkyl halides is 2. The van der Waals surface area contributed by atoms with Gasteiger partial charge in [0.25, 0.3) is 5.91 Å². The van der Waals surface area contributed by atoms with Crippen LogP contribution in [-0.2, 0) is 4.74 Å². The van der Waals surface area contributed by atoms with Gasteiger partial charge in [0.05, 0.1) is 12.7 Å². The van der Waals surface area contributed by atoms with Gasteiger partial charge < -0.3 is 19.7 Å². The van der Waals surface area contributed by atoms with E-state index in [0.717, 1.165) is 37.4 Å². The van der Waals surface area contributed by atoms with Gasteiger partial charge in [0.15, 0.2) is 0 Å². The lowest BCUT2D eigenvalue weighted by Gasteiger charge is -2.32. The molecule has 0 unspecified atom stereocenters. The summed E-state index contributed by atoms with van der Waals surface area (Å²) in [6, 6.07) is 1.53. The minimum Gasteiger partial charge on any atom is -0.433 e. The average Bonchev–Trinajstić information content (AvgIpc) is 2.88. The van der Waals surface area contributed by atoms with Gasteiger partial charge in [0.1, 0.15) is 10.6 Å². The predicted molar refractivity (Wildman–Crippen MR) is 93.7 cm³/mol. The standard InChI is InChI=1S/C17H26F2N2O3S/c1-11(2)23-9-8-21-6-4-13(5-7-21)20-16(22)15-14(24-17(18)19)10-12(3)25-15/h10-11,13,17H,4-9H2,1-3H3,(H,20,22). The number of halogens is 2. The third-order valence-electron chi connectivity index (χ3n) is 4.02. The lowest BCUT2D eigenvalue weighted by atomic mass is 10.0. The molecule has 0 aliphatic carbocycles. The highest BCUT2D eigenvalue weighted by atomic mass is 32.1. The van der Waals surface area contributed by atoms with E-state index >= 15 is 0 Å². The summed E-state index contributed by atoms with van der Waals surface area (Å²) in [5.41, 5.74) is 0. The summed E-state index contributed by atoms with van der Waals surface area (Å²) < 4.78 is 34.9. The number of rotatable bonds is 8. The molecule has 1 aromatic rings. The van der Waals surface area contributed by atoms with Crippen LogP contribution in [0.5, 0.6) is 5.75 Å². The normalized spacial score (nSPS) is 16.6. The van der Waals surface area contributed by atoms with Crippen molar-refractivity contribution in [2.24, 2.45) is 0 Å². The van der Waals surface area contributed by atoms with Gasteiger partial charge in [0, 0.05) is 30.6 Å². The number of ether oxygens (including phenoxy) is 2. The summed E-state index contributed by atoms with van der Waals surface area (Å²) in [5, 5.41) is 2.95. The Labute approximate surface area is 151 Å². The van der Waals surface area contributed by atoms with Crippen LogP contribution in [-0.4, -0.2) is 55.8 Å². The van der Waals surface area contributed by atoms with Crippen LogP contribution in [0.15, 0.2) is 6.07 Å². The van der Waals surface area contributed by atoms with Crippen LogP contribution in [0.2, 0.25) is 0 Å². The van der Waals surface area contributed by atoms with Crippen molar-refractivity contribution in [2.75, 3.05) is 26.2 Å². The zero-order valence-electron chi connectivity index (χ0n) is 14.9. The van der Waals surface area contributed by atoms with Gasteiger partial charge in [-0.1, -0.05) is 0 Å². The molecule has 0 atom stereocenters. The molecule has 1 saturated heterocycles. The zero-order valence-corrected chi connectivity index (χ0v) is 15.7. The molecule has 1 fully saturated rings. The molecule has 1 aliphatic heterocycles. The molecule has 0 radical (unpaired) electrons. The smallest absolute Gasteiger partial charge is 0.387 e. The number of hydrogen-bond donors (Lipinski definition) is 1. The fourth-order valence-electron chi connectivity index (χ4n) is 2.80. The van der Waals surface area contributed by atoms with E-state index in [9.17, 15) is 13.6 Å². The number of aryl methyl sites for hydroxylation is 1. The molecule has 8 heteroatoms. The number of thiophene rings is 1. The number of nitrogens with one attached hydrogen (secondary N) is 1. The monoisotopic (exact) mass is 376 g/mol. The van der Waals surface area contributed by atoms with Crippen LogP contribution < -0.4 is 10.1 Å². The molecule has 2 rings (SSSR count). The second kappa shape index (κ2) is 9.45. The Bertz CT molecular complexity index is 558. The third-order valence-corrected chi connectivity index (χ3v) is 5.06. The Kier molecular flexibility index (Phi) is 7.58. The molecule has 0 spiro atoms. The molecule has 0 aromatic carbocycles. The number of hydrogen-bond acceptors (Lipinski definition) is 5. The minimum absolute atomic E-state index is 0.0433. The molecule has 1 N–H and O–H groups in total. The Hall–Kier alpha value is -1.25. The van der Waals surface area contributed by atoms with Crippen molar-refractivity contribution in [3.63, 3.8) is 0 Å². The summed E-state index contributed by atoms with van der Waals surface area (Å²) in [4.78, 5) is 15.7. The molecule has 1 aliphatic rings. The Morgan fingerprint density at radius 1 is 1.40 bits per heavy atom. The van der Waals surface area contributed by atoms with Crippen LogP contribution in [0.1, 0.15) is 41.2 Å². The maximum absolute atomic E-state index is 12.5. The summed E-state index contributed by atoms with van der Waals surface area (Å²) in [6.45, 7) is 6.22. The first kappa shape index (κ1) is 20.1. The van der Waals surface area contributed by atoms with E-state index in [1.807, 2.05) is 13.8 Å². The SMILES string of the molecule is Cc1cc(OC(F)F)c(C(=O)NC2CCN(CCOC(C)C)CC2)s1. The number of likely N-dealkylation sites (tertiary alicyclic amines) is 1. The highest BCUT2D eigenvalue weighted by Crippen LogP contribution is 2.30. The Morgan fingerprint density at radius 3 is 2.68 bits per heavy atom. The van der Waals surface area contributed by atoms with E-state index in [-0.39, 0.29) is 28.7 Å². The fourth-order valence-corrected chi connectivity index (χ4v) is 3.65. The molecule has 142 valence electrons. The van der Waals surface area contributed by atoms with Crippen molar-refractivity contribution < 1.29 is 23.0 Å². The van der Waals surface area contributed by atoms with Gasteiger partial charge in [-0.3, -0.25) is 4.79 Å². The van der Waals surface area contributed by atoms with Crippen molar-refractivity contribution in [1.82, 2.24) is 10.2 Å². The van der Waals surface area contributed by atoms with Gasteiger partial charge in [0.2, 0.25) is 0 Å². The highest BCUT2D eigenvalue weighted by molar-refractivity contribution is 7.14. The van der Waals surface area contributed by atoms with Crippen LogP contribution in [0.4, 0.5) is 8.78 Å². The second-order valence-electron chi connectivity index (χ2n) is 6.44. The summed E-state index contributed by atoms with van der Waals surface area (Å²) in [7, 11) is 0. The zero-order chi connectivity index (χ0) is 18.4. The lowest BCUT2D eigenvalue weighted by molar-refractivity contribution is -0.0498. The van der Waals surface area contributed by atoms with E-state index in [1.165, 1.54) is 17.4 Å². The van der Waals surface area contributed by atoms with Crippen molar-refractivity contribution in [3.8, 4) is 5.75 Å². The molecule has 0 saturated carbocycles. The van der Waals surface area contributed by atoms with Gasteiger partial charge in [-0.05, 0) is 39.7 Å². The van der Waals surface area contributed by atoms with Crippen molar-refractivity contribution in [1.29, 1.82) is 0 Å². The van der Waals surface area contributed by atoms with Gasteiger partial charge in [-0.2, -0.15) is 8.78 Å². The molecule has 25 heavy (non-hydrogen) atoms. The number of carbonyl (C=O) groups is 1. The Morgan fingerprint density at radius 2 is 2.08 bits per heavy atom. The number of piperidine rings is 1. The molecular weight excluding hydrogens is 350 g/mol. The molecule has 0 bridgehead atoms. The molecule has 5 nitrogen and oxygen atoms in total. The summed E-state index contributed by atoms with van der Waals surface area (Å²) in [6.07, 6.45) is 1.90. The van der Waals surface area contributed by atoms with E-state index in [0.29, 0.717) is 6.61 Å². The quantitative estimate of drug-likeness (QED) is 0.757. The molecule has 1 aromatic heterocycles. The largest absolute Gasteiger partial charge is 0.433 e. The second-order valence-corrected chi connectivity index (χ2v) is 7.69. The van der Waals surface area contributed by atoms with Crippen molar-refractivity contribution in [2.45, 2.75) is 52.4 Å². The molecule has 2 heterocycles. The molecule has 1 amide bonds. The minimum atomic E-state index is -2.93. The first-order valence-electron chi connectivity index (χ1n) is 8.55. The van der Waals surface area contributed by atoms with E-state index in [4.69, 9.17) is 4.74 Å². The third kappa shape index (κ3) is 6.52. The first-order valence-corrected chi connectivity index (χ1v) is 9.37. The van der Waals surface area contributed by atoms with Gasteiger partial charge >= 0.3 is 6.61 Å². The average molecular weight is 376 g/mol. The fraction of sp³-hybridized carbons (Fsp3) is 0.706. The topological polar surface area (TPSA) is 50.8 Å². The first-order chi connectivity index (χ1) is 11.8. The maximum atomic E-state index is 12.5. The van der Waals surface area contributed by atoms with E-state index in [2.05, 4.69) is 15.0 Å². The van der Waals surface area contributed by atoms with Crippen LogP contribution in [0.25, 0.3) is 0 Å². The van der Waals surface area contributed by atoms with E-state index in [1.54, 1.807) is 6.92 Å². The Balaban J connectivity index is 1.81. The van der Waals surface area contributed by atoms with Crippen LogP contribution in [0.3, 0.4) is 0 Å². The van der Waals surface area contributed by atoms with Gasteiger partial charge in [-0.15, -0.1) is 11.3 Å². The summed E-state index contributed by atoms with van der Waals surface area (Å²) >= 11 is 1.17. The van der Waals surface area contributed by atoms with Crippen LogP contribution >= 0.6 is 11.3 Å². The number of carbonyl (C=O) groups excluding carboxylic acids is 1. The summed E-state index contributed by atoms with van der Waals surface area (Å²) in [5.74, 6) is -0.381. The van der Waals surface area contributed by atoms with Crippen molar-refractivity contribution in [3.05, 3.63) is 15.8 Å². The highest BCUT2D eigenvalue weighted by Gasteiger charge is 2.24. The van der Waals surface area contributed by atoms with E-state index < -0.39 is 6.61 Å². The predicted octanol–water partition coefficient (Wildman–Crippen LogP) is 3.28. The number of nitrogens with zero attached hydrogens (tertiary/aromatic N) is 1. The van der Waals surface area contributed by atoms with Crippen molar-refractivity contribution >= 4 is 17.2 Å².